The van der Waals surface area contributed by atoms with Crippen molar-refractivity contribution in [1.82, 2.24) is 5.01 Å². The number of para-hydroxylation sites is 1. The summed E-state index contributed by atoms with van der Waals surface area (Å²) >= 11 is 16.2. The SMILES string of the molecule is C=CCc1cccc([C@H]2C3=CC[C@@H]4C(=O)N(c5ccc(Br)cc5)C(=O)[C@@H]4[C@@H]3C[C@H]3C(=O)N(Nc4ccc(Cl)cc4Cl)C(=O)[C@@]23c2ccc(OC)cc2)c1O. The molecule has 4 aromatic rings. The summed E-state index contributed by atoms with van der Waals surface area (Å²) in [6.07, 6.45) is 4.32. The first-order chi connectivity index (χ1) is 26.0. The smallest absolute Gasteiger partial charge is 0.260 e. The van der Waals surface area contributed by atoms with Crippen molar-refractivity contribution >= 4 is 74.1 Å². The standard InChI is InChI=1S/C42H34BrCl2N3O6/c1-3-5-22-6-4-7-30(37(22)49)36-28-17-18-29-35(40(52)47(38(29)50)26-13-10-24(43)11-14-26)31(28)21-32-39(51)48(46-34-19-12-25(44)20-33(34)45)41(53)42(32,36)23-8-15-27(54-2)16-9-23/h3-4,6-17,19-20,29,31-32,35-36,46,49H,1,5,18,21H2,2H3/t29-,31+,32-,35-,36+,42+/m0/s1. The Morgan fingerprint density at radius 2 is 1.70 bits per heavy atom. The van der Waals surface area contributed by atoms with Crippen LogP contribution in [-0.2, 0) is 31.0 Å². The quantitative estimate of drug-likeness (QED) is 0.136. The Labute approximate surface area is 330 Å². The van der Waals surface area contributed by atoms with Gasteiger partial charge in [-0.15, -0.1) is 6.58 Å². The van der Waals surface area contributed by atoms with E-state index in [9.17, 15) is 19.5 Å². The third-order valence-corrected chi connectivity index (χ3v) is 12.6. The number of hydrazine groups is 1. The highest BCUT2D eigenvalue weighted by Crippen LogP contribution is 2.65. The third kappa shape index (κ3) is 5.40. The van der Waals surface area contributed by atoms with Crippen LogP contribution in [-0.4, -0.2) is 40.9 Å². The van der Waals surface area contributed by atoms with E-state index >= 15 is 4.79 Å². The molecule has 4 amide bonds. The minimum atomic E-state index is -1.61. The number of methoxy groups -OCH3 is 1. The van der Waals surface area contributed by atoms with Gasteiger partial charge in [-0.25, -0.2) is 0 Å². The molecule has 4 aliphatic rings. The maximum atomic E-state index is 15.5. The number of imide groups is 2. The van der Waals surface area contributed by atoms with Crippen molar-refractivity contribution in [2.24, 2.45) is 23.7 Å². The van der Waals surface area contributed by atoms with E-state index in [2.05, 4.69) is 27.9 Å². The number of anilines is 2. The molecule has 8 rings (SSSR count). The molecule has 54 heavy (non-hydrogen) atoms. The molecule has 3 fully saturated rings. The van der Waals surface area contributed by atoms with E-state index in [1.54, 1.807) is 86.0 Å². The van der Waals surface area contributed by atoms with Gasteiger partial charge in [0.05, 0.1) is 46.7 Å². The first kappa shape index (κ1) is 36.1. The van der Waals surface area contributed by atoms with Crippen molar-refractivity contribution < 1.29 is 29.0 Å². The van der Waals surface area contributed by atoms with Crippen LogP contribution in [0.3, 0.4) is 0 Å². The van der Waals surface area contributed by atoms with Crippen molar-refractivity contribution in [2.75, 3.05) is 17.4 Å². The van der Waals surface area contributed by atoms with Crippen molar-refractivity contribution in [3.63, 3.8) is 0 Å². The number of fused-ring (bicyclic) bond motifs is 4. The van der Waals surface area contributed by atoms with Crippen LogP contribution in [0, 0.1) is 23.7 Å². The number of halogens is 3. The monoisotopic (exact) mass is 825 g/mol. The summed E-state index contributed by atoms with van der Waals surface area (Å²) in [6, 6.07) is 24.1. The zero-order valence-corrected chi connectivity index (χ0v) is 32.1. The molecule has 0 aromatic heterocycles. The normalized spacial score (nSPS) is 25.9. The number of phenols is 1. The fourth-order valence-electron chi connectivity index (χ4n) is 9.20. The number of aromatic hydroxyl groups is 1. The number of nitrogens with one attached hydrogen (secondary N) is 1. The Bertz CT molecular complexity index is 2280. The molecule has 2 saturated heterocycles. The molecule has 0 unspecified atom stereocenters. The van der Waals surface area contributed by atoms with Gasteiger partial charge in [0, 0.05) is 21.0 Å². The molecule has 0 radical (unpaired) electrons. The highest BCUT2D eigenvalue weighted by atomic mass is 79.9. The van der Waals surface area contributed by atoms with Crippen LogP contribution in [0.2, 0.25) is 10.0 Å². The highest BCUT2D eigenvalue weighted by Gasteiger charge is 2.70. The highest BCUT2D eigenvalue weighted by molar-refractivity contribution is 9.10. The second-order valence-corrected chi connectivity index (χ2v) is 15.8. The van der Waals surface area contributed by atoms with E-state index in [1.807, 2.05) is 12.1 Å². The van der Waals surface area contributed by atoms with E-state index in [-0.39, 0.29) is 41.1 Å². The van der Waals surface area contributed by atoms with E-state index in [0.717, 1.165) is 15.1 Å². The molecule has 6 atom stereocenters. The van der Waals surface area contributed by atoms with Gasteiger partial charge >= 0.3 is 0 Å². The molecular formula is C42H34BrCl2N3O6. The Morgan fingerprint density at radius 3 is 2.39 bits per heavy atom. The van der Waals surface area contributed by atoms with Gasteiger partial charge in [-0.05, 0) is 90.9 Å². The van der Waals surface area contributed by atoms with Crippen LogP contribution >= 0.6 is 39.1 Å². The van der Waals surface area contributed by atoms with Crippen molar-refractivity contribution in [2.45, 2.75) is 30.6 Å². The maximum absolute atomic E-state index is 15.5. The molecule has 2 aliphatic heterocycles. The number of amides is 4. The predicted molar refractivity (Wildman–Crippen MR) is 209 cm³/mol. The van der Waals surface area contributed by atoms with Gasteiger partial charge in [-0.3, -0.25) is 29.5 Å². The molecule has 2 heterocycles. The maximum Gasteiger partial charge on any atom is 0.260 e. The lowest BCUT2D eigenvalue weighted by atomic mass is 9.49. The Hall–Kier alpha value is -4.90. The van der Waals surface area contributed by atoms with E-state index in [0.29, 0.717) is 39.6 Å². The number of benzene rings is 4. The van der Waals surface area contributed by atoms with Gasteiger partial charge in [0.1, 0.15) is 11.5 Å². The molecule has 9 nitrogen and oxygen atoms in total. The van der Waals surface area contributed by atoms with Crippen LogP contribution in [0.5, 0.6) is 11.5 Å². The van der Waals surface area contributed by atoms with Crippen LogP contribution < -0.4 is 15.1 Å². The van der Waals surface area contributed by atoms with Crippen LogP contribution in [0.1, 0.15) is 35.4 Å². The van der Waals surface area contributed by atoms with Gasteiger partial charge in [0.15, 0.2) is 0 Å². The van der Waals surface area contributed by atoms with E-state index in [4.69, 9.17) is 27.9 Å². The Balaban J connectivity index is 1.35. The fourth-order valence-corrected chi connectivity index (χ4v) is 9.91. The summed E-state index contributed by atoms with van der Waals surface area (Å²) in [5.74, 6) is -5.27. The minimum Gasteiger partial charge on any atom is -0.507 e. The van der Waals surface area contributed by atoms with E-state index in [1.165, 1.54) is 11.0 Å². The first-order valence-electron chi connectivity index (χ1n) is 17.5. The summed E-state index contributed by atoms with van der Waals surface area (Å²) < 4.78 is 6.28. The average Bonchev–Trinajstić information content (AvgIpc) is 3.55. The number of rotatable bonds is 8. The van der Waals surface area contributed by atoms with Gasteiger partial charge in [-0.1, -0.05) is 87.2 Å². The van der Waals surface area contributed by atoms with Crippen LogP contribution in [0.4, 0.5) is 11.4 Å². The van der Waals surface area contributed by atoms with Crippen molar-refractivity contribution in [3.05, 3.63) is 140 Å². The molecule has 12 heteroatoms. The van der Waals surface area contributed by atoms with Crippen molar-refractivity contribution in [3.8, 4) is 11.5 Å². The largest absolute Gasteiger partial charge is 0.507 e. The summed E-state index contributed by atoms with van der Waals surface area (Å²) in [5.41, 5.74) is 4.41. The molecular weight excluding hydrogens is 793 g/mol. The second-order valence-electron chi connectivity index (χ2n) is 14.0. The number of carbonyl (C=O) groups is 4. The molecule has 2 N–H and O–H groups in total. The molecule has 4 aromatic carbocycles. The number of carbonyl (C=O) groups excluding carboxylic acids is 4. The van der Waals surface area contributed by atoms with Gasteiger partial charge in [0.25, 0.3) is 11.8 Å². The number of hydrogen-bond acceptors (Lipinski definition) is 7. The van der Waals surface area contributed by atoms with E-state index < -0.39 is 46.8 Å². The number of hydrogen-bond donors (Lipinski definition) is 2. The van der Waals surface area contributed by atoms with Crippen LogP contribution in [0.25, 0.3) is 0 Å². The second kappa shape index (κ2) is 13.7. The molecule has 1 saturated carbocycles. The number of phenolic OH excluding ortho intramolecular Hbond substituents is 1. The number of nitrogens with zero attached hydrogens (tertiary/aromatic N) is 2. The lowest BCUT2D eigenvalue weighted by Crippen LogP contribution is -2.53. The molecule has 0 bridgehead atoms. The minimum absolute atomic E-state index is 0.0320. The lowest BCUT2D eigenvalue weighted by molar-refractivity contribution is -0.138. The van der Waals surface area contributed by atoms with Gasteiger partial charge in [-0.2, -0.15) is 5.01 Å². The van der Waals surface area contributed by atoms with Gasteiger partial charge in [0.2, 0.25) is 11.8 Å². The third-order valence-electron chi connectivity index (χ3n) is 11.5. The summed E-state index contributed by atoms with van der Waals surface area (Å²) in [6.45, 7) is 3.86. The zero-order chi connectivity index (χ0) is 38.1. The van der Waals surface area contributed by atoms with Gasteiger partial charge < -0.3 is 9.84 Å². The molecule has 2 aliphatic carbocycles. The number of allylic oxidation sites excluding steroid dienone is 3. The lowest BCUT2D eigenvalue weighted by Gasteiger charge is -2.50. The summed E-state index contributed by atoms with van der Waals surface area (Å²) in [4.78, 5) is 60.3. The summed E-state index contributed by atoms with van der Waals surface area (Å²) in [7, 11) is 1.54. The molecule has 0 spiro atoms. The fraction of sp³-hybridized carbons (Fsp3) is 0.238. The first-order valence-corrected chi connectivity index (χ1v) is 19.1. The summed E-state index contributed by atoms with van der Waals surface area (Å²) in [5, 5.41) is 13.6. The Morgan fingerprint density at radius 1 is 0.963 bits per heavy atom. The topological polar surface area (TPSA) is 116 Å². The van der Waals surface area contributed by atoms with Crippen LogP contribution in [0.15, 0.2) is 114 Å². The average molecular weight is 828 g/mol. The number of ether oxygens (including phenoxy) is 1. The molecule has 274 valence electrons. The Kier molecular flexibility index (Phi) is 9.19. The zero-order valence-electron chi connectivity index (χ0n) is 29.0. The van der Waals surface area contributed by atoms with Crippen molar-refractivity contribution in [1.29, 1.82) is 0 Å². The predicted octanol–water partition coefficient (Wildman–Crippen LogP) is 8.39.